The second-order valence-corrected chi connectivity index (χ2v) is 6.34. The van der Waals surface area contributed by atoms with E-state index in [0.29, 0.717) is 22.7 Å². The first-order chi connectivity index (χ1) is 13.0. The molecule has 0 fully saturated rings. The fourth-order valence-electron chi connectivity index (χ4n) is 3.47. The number of carbonyl (C=O) groups excluding carboxylic acids is 1. The number of nitrogens with two attached hydrogens (primary N) is 2. The zero-order valence-electron chi connectivity index (χ0n) is 14.2. The van der Waals surface area contributed by atoms with Gasteiger partial charge in [0.2, 0.25) is 5.91 Å². The van der Waals surface area contributed by atoms with Gasteiger partial charge in [-0.25, -0.2) is 4.79 Å². The molecule has 4 rings (SSSR count). The number of aromatic carboxylic acids is 1. The van der Waals surface area contributed by atoms with Crippen LogP contribution in [0.5, 0.6) is 11.5 Å². The van der Waals surface area contributed by atoms with Gasteiger partial charge in [0.1, 0.15) is 11.5 Å². The zero-order chi connectivity index (χ0) is 19.1. The molecule has 1 aliphatic rings. The highest BCUT2D eigenvalue weighted by molar-refractivity contribution is 5.95. The van der Waals surface area contributed by atoms with Crippen LogP contribution < -0.4 is 16.2 Å². The van der Waals surface area contributed by atoms with Gasteiger partial charge in [0, 0.05) is 34.4 Å². The van der Waals surface area contributed by atoms with Crippen molar-refractivity contribution in [2.45, 2.75) is 5.92 Å². The number of carboxylic acids is 1. The van der Waals surface area contributed by atoms with Crippen LogP contribution in [0.15, 0.2) is 60.7 Å². The molecular formula is C21H16N2O4. The second kappa shape index (κ2) is 6.17. The number of primary amides is 1. The van der Waals surface area contributed by atoms with E-state index in [1.807, 2.05) is 18.2 Å². The summed E-state index contributed by atoms with van der Waals surface area (Å²) in [4.78, 5) is 23.3. The summed E-state index contributed by atoms with van der Waals surface area (Å²) in [5, 5.41) is 9.29. The molecule has 1 atom stereocenters. The van der Waals surface area contributed by atoms with E-state index in [4.69, 9.17) is 16.2 Å². The van der Waals surface area contributed by atoms with Crippen molar-refractivity contribution >= 4 is 17.6 Å². The minimum atomic E-state index is -1.05. The highest BCUT2D eigenvalue weighted by Gasteiger charge is 2.31. The number of hydrogen-bond acceptors (Lipinski definition) is 4. The van der Waals surface area contributed by atoms with E-state index in [1.54, 1.807) is 30.3 Å². The van der Waals surface area contributed by atoms with Gasteiger partial charge >= 0.3 is 5.97 Å². The Morgan fingerprint density at radius 1 is 0.889 bits per heavy atom. The van der Waals surface area contributed by atoms with E-state index in [2.05, 4.69) is 0 Å². The highest BCUT2D eigenvalue weighted by Crippen LogP contribution is 2.48. The summed E-state index contributed by atoms with van der Waals surface area (Å²) in [6.45, 7) is 0. The van der Waals surface area contributed by atoms with E-state index >= 15 is 0 Å². The summed E-state index contributed by atoms with van der Waals surface area (Å²) in [5.41, 5.74) is 14.8. The van der Waals surface area contributed by atoms with Crippen molar-refractivity contribution in [1.29, 1.82) is 0 Å². The molecule has 3 aromatic carbocycles. The predicted molar refractivity (Wildman–Crippen MR) is 100 cm³/mol. The number of carbonyl (C=O) groups is 2. The minimum absolute atomic E-state index is 0.114. The topological polar surface area (TPSA) is 116 Å². The first-order valence-electron chi connectivity index (χ1n) is 8.29. The van der Waals surface area contributed by atoms with Crippen molar-refractivity contribution in [3.05, 3.63) is 88.5 Å². The lowest BCUT2D eigenvalue weighted by atomic mass is 9.80. The molecule has 0 saturated carbocycles. The van der Waals surface area contributed by atoms with E-state index in [9.17, 15) is 14.7 Å². The molecule has 1 unspecified atom stereocenters. The van der Waals surface area contributed by atoms with E-state index in [-0.39, 0.29) is 11.5 Å². The molecule has 0 saturated heterocycles. The number of nitrogen functional groups attached to an aromatic ring is 1. The molecular weight excluding hydrogens is 344 g/mol. The van der Waals surface area contributed by atoms with Crippen molar-refractivity contribution in [2.24, 2.45) is 5.73 Å². The maximum atomic E-state index is 12.0. The first-order valence-corrected chi connectivity index (χ1v) is 8.29. The molecule has 6 nitrogen and oxygen atoms in total. The van der Waals surface area contributed by atoms with E-state index in [1.165, 1.54) is 12.1 Å². The predicted octanol–water partition coefficient (Wildman–Crippen LogP) is 3.35. The van der Waals surface area contributed by atoms with Gasteiger partial charge in [0.05, 0.1) is 5.56 Å². The molecule has 0 aromatic heterocycles. The van der Waals surface area contributed by atoms with Gasteiger partial charge < -0.3 is 21.3 Å². The van der Waals surface area contributed by atoms with Gasteiger partial charge in [-0.3, -0.25) is 4.79 Å². The summed E-state index contributed by atoms with van der Waals surface area (Å²) < 4.78 is 5.94. The molecule has 1 amide bonds. The van der Waals surface area contributed by atoms with Gasteiger partial charge in [-0.15, -0.1) is 0 Å². The minimum Gasteiger partial charge on any atom is -0.478 e. The van der Waals surface area contributed by atoms with Crippen molar-refractivity contribution < 1.29 is 19.4 Å². The van der Waals surface area contributed by atoms with Crippen LogP contribution in [0.3, 0.4) is 0 Å². The summed E-state index contributed by atoms with van der Waals surface area (Å²) >= 11 is 0. The molecule has 27 heavy (non-hydrogen) atoms. The quantitative estimate of drug-likeness (QED) is 0.485. The molecule has 0 radical (unpaired) electrons. The fraction of sp³-hybridized carbons (Fsp3) is 0.0476. The van der Waals surface area contributed by atoms with Crippen molar-refractivity contribution in [3.8, 4) is 11.5 Å². The van der Waals surface area contributed by atoms with Crippen LogP contribution in [0, 0.1) is 0 Å². The summed E-state index contributed by atoms with van der Waals surface area (Å²) in [5.74, 6) is -0.978. The van der Waals surface area contributed by atoms with Gasteiger partial charge in [-0.1, -0.05) is 30.3 Å². The first kappa shape index (κ1) is 16.7. The number of hydrogen-bond donors (Lipinski definition) is 3. The number of amides is 1. The number of fused-ring (bicyclic) bond motifs is 2. The third kappa shape index (κ3) is 2.77. The van der Waals surface area contributed by atoms with Gasteiger partial charge in [0.25, 0.3) is 0 Å². The lowest BCUT2D eigenvalue weighted by Gasteiger charge is -2.30. The Morgan fingerprint density at radius 2 is 1.56 bits per heavy atom. The monoisotopic (exact) mass is 360 g/mol. The maximum absolute atomic E-state index is 12.0. The smallest absolute Gasteiger partial charge is 0.335 e. The average molecular weight is 360 g/mol. The lowest BCUT2D eigenvalue weighted by Crippen LogP contribution is -2.19. The third-order valence-corrected chi connectivity index (χ3v) is 4.68. The standard InChI is InChI=1S/C21H16N2O4/c22-12-6-8-16-18(10-12)27-17-9-11(21(25)26)5-7-15(17)19(16)13-3-1-2-4-14(13)20(23)24/h1-10,19H,22H2,(H2,23,24)(H,25,26). The van der Waals surface area contributed by atoms with Gasteiger partial charge in [-0.2, -0.15) is 0 Å². The molecule has 0 bridgehead atoms. The van der Waals surface area contributed by atoms with Crippen molar-refractivity contribution in [1.82, 2.24) is 0 Å². The Balaban J connectivity index is 2.00. The number of ether oxygens (including phenoxy) is 1. The lowest BCUT2D eigenvalue weighted by molar-refractivity contribution is 0.0696. The van der Waals surface area contributed by atoms with Crippen LogP contribution in [0.25, 0.3) is 0 Å². The largest absolute Gasteiger partial charge is 0.478 e. The van der Waals surface area contributed by atoms with Crippen LogP contribution >= 0.6 is 0 Å². The Labute approximate surface area is 155 Å². The highest BCUT2D eigenvalue weighted by atomic mass is 16.5. The van der Waals surface area contributed by atoms with E-state index in [0.717, 1.165) is 16.7 Å². The van der Waals surface area contributed by atoms with Crippen LogP contribution in [-0.4, -0.2) is 17.0 Å². The third-order valence-electron chi connectivity index (χ3n) is 4.68. The Hall–Kier alpha value is -3.80. The Kier molecular flexibility index (Phi) is 3.81. The van der Waals surface area contributed by atoms with Crippen molar-refractivity contribution in [3.63, 3.8) is 0 Å². The molecule has 1 aliphatic heterocycles. The molecule has 0 aliphatic carbocycles. The zero-order valence-corrected chi connectivity index (χ0v) is 14.2. The summed E-state index contributed by atoms with van der Waals surface area (Å²) in [6, 6.07) is 17.1. The van der Waals surface area contributed by atoms with Gasteiger partial charge in [0.15, 0.2) is 0 Å². The van der Waals surface area contributed by atoms with Crippen LogP contribution in [0.1, 0.15) is 43.3 Å². The van der Waals surface area contributed by atoms with Crippen LogP contribution in [-0.2, 0) is 0 Å². The van der Waals surface area contributed by atoms with Gasteiger partial charge in [-0.05, 0) is 29.8 Å². The molecule has 134 valence electrons. The molecule has 5 N–H and O–H groups in total. The molecule has 1 heterocycles. The van der Waals surface area contributed by atoms with E-state index < -0.39 is 11.9 Å². The number of carboxylic acid groups (broad SMARTS) is 1. The Morgan fingerprint density at radius 3 is 2.26 bits per heavy atom. The number of rotatable bonds is 3. The summed E-state index contributed by atoms with van der Waals surface area (Å²) in [7, 11) is 0. The fourth-order valence-corrected chi connectivity index (χ4v) is 3.47. The molecule has 0 spiro atoms. The molecule has 6 heteroatoms. The average Bonchev–Trinajstić information content (AvgIpc) is 2.65. The summed E-state index contributed by atoms with van der Waals surface area (Å²) in [6.07, 6.45) is 0. The SMILES string of the molecule is NC(=O)c1ccccc1C1c2ccc(N)cc2Oc2cc(C(=O)O)ccc21. The molecule has 3 aromatic rings. The van der Waals surface area contributed by atoms with Crippen molar-refractivity contribution in [2.75, 3.05) is 5.73 Å². The number of anilines is 1. The van der Waals surface area contributed by atoms with Crippen LogP contribution in [0.4, 0.5) is 5.69 Å². The Bertz CT molecular complexity index is 1090. The number of benzene rings is 3. The second-order valence-electron chi connectivity index (χ2n) is 6.34. The van der Waals surface area contributed by atoms with Crippen LogP contribution in [0.2, 0.25) is 0 Å². The maximum Gasteiger partial charge on any atom is 0.335 e. The normalized spacial score (nSPS) is 14.6.